The minimum atomic E-state index is -0.533. The van der Waals surface area contributed by atoms with Gasteiger partial charge < -0.3 is 13.9 Å². The summed E-state index contributed by atoms with van der Waals surface area (Å²) in [7, 11) is 0. The summed E-state index contributed by atoms with van der Waals surface area (Å²) in [6.45, 7) is 6.46. The first kappa shape index (κ1) is 20.0. The van der Waals surface area contributed by atoms with Crippen molar-refractivity contribution in [3.8, 4) is 11.9 Å². The average molecular weight is 366 g/mol. The van der Waals surface area contributed by atoms with Crippen LogP contribution in [-0.2, 0) is 11.2 Å². The number of ether oxygens (including phenoxy) is 2. The Morgan fingerprint density at radius 1 is 0.889 bits per heavy atom. The van der Waals surface area contributed by atoms with Gasteiger partial charge in [-0.1, -0.05) is 54.4 Å². The molecule has 2 aromatic carbocycles. The molecule has 0 N–H and O–H groups in total. The van der Waals surface area contributed by atoms with Crippen molar-refractivity contribution in [1.29, 1.82) is 0 Å². The van der Waals surface area contributed by atoms with Crippen LogP contribution in [0, 0.1) is 13.8 Å². The van der Waals surface area contributed by atoms with Crippen LogP contribution in [0.4, 0.5) is 0 Å². The van der Waals surface area contributed by atoms with Crippen LogP contribution in [-0.4, -0.2) is 12.4 Å². The van der Waals surface area contributed by atoms with Crippen molar-refractivity contribution in [2.24, 2.45) is 0 Å². The number of rotatable bonds is 5. The van der Waals surface area contributed by atoms with E-state index >= 15 is 0 Å². The quantitative estimate of drug-likeness (QED) is 0.475. The van der Waals surface area contributed by atoms with Gasteiger partial charge in [0.05, 0.1) is 5.56 Å². The van der Waals surface area contributed by atoms with E-state index in [9.17, 15) is 9.59 Å². The van der Waals surface area contributed by atoms with Crippen molar-refractivity contribution < 1.29 is 23.5 Å². The molecule has 0 radical (unpaired) electrons. The Labute approximate surface area is 158 Å². The molecule has 3 rings (SSSR count). The summed E-state index contributed by atoms with van der Waals surface area (Å²) in [5.41, 5.74) is 4.22. The molecule has 0 fully saturated rings. The summed E-state index contributed by atoms with van der Waals surface area (Å²) in [5.74, 6) is -0.588. The van der Waals surface area contributed by atoms with E-state index in [1.807, 2.05) is 19.1 Å². The van der Waals surface area contributed by atoms with E-state index in [4.69, 9.17) is 9.15 Å². The second kappa shape index (κ2) is 9.97. The third kappa shape index (κ3) is 6.47. The highest BCUT2D eigenvalue weighted by molar-refractivity contribution is 5.90. The Morgan fingerprint density at radius 2 is 1.44 bits per heavy atom. The smallest absolute Gasteiger partial charge is 0.345 e. The number of aryl methyl sites for hydroxylation is 3. The third-order valence-electron chi connectivity index (χ3n) is 3.73. The molecule has 0 spiro atoms. The van der Waals surface area contributed by atoms with Crippen LogP contribution in [0.1, 0.15) is 34.0 Å². The van der Waals surface area contributed by atoms with Gasteiger partial charge in [0.15, 0.2) is 0 Å². The first-order valence-corrected chi connectivity index (χ1v) is 8.56. The van der Waals surface area contributed by atoms with Crippen molar-refractivity contribution >= 4 is 12.4 Å². The van der Waals surface area contributed by atoms with Gasteiger partial charge in [0.1, 0.15) is 0 Å². The van der Waals surface area contributed by atoms with Gasteiger partial charge in [-0.15, -0.1) is 0 Å². The molecule has 27 heavy (non-hydrogen) atoms. The molecular weight excluding hydrogens is 344 g/mol. The molecule has 0 unspecified atom stereocenters. The van der Waals surface area contributed by atoms with Crippen molar-refractivity contribution in [3.05, 3.63) is 82.9 Å². The number of furan rings is 1. The van der Waals surface area contributed by atoms with Gasteiger partial charge in [0, 0.05) is 12.1 Å². The summed E-state index contributed by atoms with van der Waals surface area (Å²) in [6.07, 6.45) is 0.903. The Bertz CT molecular complexity index is 839. The maximum atomic E-state index is 11.8. The maximum absolute atomic E-state index is 11.8. The predicted molar refractivity (Wildman–Crippen MR) is 102 cm³/mol. The van der Waals surface area contributed by atoms with E-state index in [2.05, 4.69) is 42.8 Å². The zero-order valence-electron chi connectivity index (χ0n) is 15.6. The van der Waals surface area contributed by atoms with E-state index in [0.717, 1.165) is 12.0 Å². The van der Waals surface area contributed by atoms with Gasteiger partial charge in [-0.2, -0.15) is 0 Å². The predicted octanol–water partition coefficient (Wildman–Crippen LogP) is 4.90. The summed E-state index contributed by atoms with van der Waals surface area (Å²) >= 11 is 0. The molecule has 3 aromatic rings. The van der Waals surface area contributed by atoms with E-state index < -0.39 is 5.97 Å². The number of esters is 1. The van der Waals surface area contributed by atoms with Crippen LogP contribution in [0.25, 0.3) is 0 Å². The summed E-state index contributed by atoms with van der Waals surface area (Å²) in [4.78, 5) is 21.9. The normalized spacial score (nSPS) is 9.74. The molecule has 0 saturated carbocycles. The number of benzene rings is 2. The summed E-state index contributed by atoms with van der Waals surface area (Å²) < 4.78 is 14.4. The molecule has 140 valence electrons. The van der Waals surface area contributed by atoms with Crippen molar-refractivity contribution in [2.75, 3.05) is 0 Å². The summed E-state index contributed by atoms with van der Waals surface area (Å²) in [5, 5.41) is 0. The molecule has 0 aliphatic carbocycles. The summed E-state index contributed by atoms with van der Waals surface area (Å²) in [6, 6.07) is 18.4. The van der Waals surface area contributed by atoms with E-state index in [1.165, 1.54) is 23.3 Å². The lowest BCUT2D eigenvalue weighted by Gasteiger charge is -2.02. The van der Waals surface area contributed by atoms with E-state index in [-0.39, 0.29) is 18.4 Å². The topological polar surface area (TPSA) is 65.7 Å². The fourth-order valence-corrected chi connectivity index (χ4v) is 2.13. The van der Waals surface area contributed by atoms with Gasteiger partial charge in [0.25, 0.3) is 11.9 Å². The standard InChI is InChI=1S/C14H12O5.C8H10/c1-2-10-3-5-11(6-4-10)14(16)19-13-8-7-12(18-13)17-9-15;1-7-3-5-8(2)6-4-7/h3-9H,2H2,1H3;3-6H,1-2H3. The van der Waals surface area contributed by atoms with Crippen molar-refractivity contribution in [2.45, 2.75) is 27.2 Å². The average Bonchev–Trinajstić information content (AvgIpc) is 3.12. The van der Waals surface area contributed by atoms with Crippen LogP contribution in [0.15, 0.2) is 65.1 Å². The molecule has 0 aliphatic heterocycles. The fourth-order valence-electron chi connectivity index (χ4n) is 2.13. The molecule has 0 aliphatic rings. The number of hydrogen-bond acceptors (Lipinski definition) is 5. The molecule has 0 atom stereocenters. The highest BCUT2D eigenvalue weighted by Gasteiger charge is 2.11. The minimum Gasteiger partial charge on any atom is -0.395 e. The lowest BCUT2D eigenvalue weighted by atomic mass is 10.1. The zero-order valence-corrected chi connectivity index (χ0v) is 15.6. The molecule has 5 heteroatoms. The van der Waals surface area contributed by atoms with E-state index in [0.29, 0.717) is 5.56 Å². The number of hydrogen-bond donors (Lipinski definition) is 0. The van der Waals surface area contributed by atoms with Gasteiger partial charge in [-0.05, 0) is 38.0 Å². The van der Waals surface area contributed by atoms with Crippen molar-refractivity contribution in [1.82, 2.24) is 0 Å². The SMILES string of the molecule is CCc1ccc(C(=O)Oc2ccc(OC=O)o2)cc1.Cc1ccc(C)cc1. The first-order chi connectivity index (χ1) is 13.0. The number of carbonyl (C=O) groups is 2. The molecule has 0 saturated heterocycles. The molecule has 1 heterocycles. The molecule has 0 amide bonds. The number of carbonyl (C=O) groups excluding carboxylic acids is 2. The van der Waals surface area contributed by atoms with Crippen LogP contribution in [0.3, 0.4) is 0 Å². The second-order valence-electron chi connectivity index (χ2n) is 5.88. The Morgan fingerprint density at radius 3 is 1.96 bits per heavy atom. The fraction of sp³-hybridized carbons (Fsp3) is 0.182. The maximum Gasteiger partial charge on any atom is 0.345 e. The van der Waals surface area contributed by atoms with Gasteiger partial charge in [0.2, 0.25) is 0 Å². The Kier molecular flexibility index (Phi) is 7.37. The Balaban J connectivity index is 0.000000273. The van der Waals surface area contributed by atoms with Gasteiger partial charge in [-0.25, -0.2) is 4.79 Å². The highest BCUT2D eigenvalue weighted by Crippen LogP contribution is 2.22. The van der Waals surface area contributed by atoms with Crippen LogP contribution in [0.2, 0.25) is 0 Å². The van der Waals surface area contributed by atoms with E-state index in [1.54, 1.807) is 12.1 Å². The third-order valence-corrected chi connectivity index (χ3v) is 3.73. The molecule has 1 aromatic heterocycles. The van der Waals surface area contributed by atoms with Gasteiger partial charge in [-0.3, -0.25) is 4.79 Å². The van der Waals surface area contributed by atoms with Crippen LogP contribution < -0.4 is 9.47 Å². The monoisotopic (exact) mass is 366 g/mol. The van der Waals surface area contributed by atoms with Crippen LogP contribution in [0.5, 0.6) is 11.9 Å². The van der Waals surface area contributed by atoms with Gasteiger partial charge >= 0.3 is 12.4 Å². The molecule has 0 bridgehead atoms. The zero-order chi connectivity index (χ0) is 19.6. The second-order valence-corrected chi connectivity index (χ2v) is 5.88. The van der Waals surface area contributed by atoms with Crippen LogP contribution >= 0.6 is 0 Å². The lowest BCUT2D eigenvalue weighted by Crippen LogP contribution is -2.07. The minimum absolute atomic E-state index is 0.0265. The largest absolute Gasteiger partial charge is 0.395 e. The molecular formula is C22H22O5. The van der Waals surface area contributed by atoms with Crippen molar-refractivity contribution in [3.63, 3.8) is 0 Å². The first-order valence-electron chi connectivity index (χ1n) is 8.56. The lowest BCUT2D eigenvalue weighted by molar-refractivity contribution is -0.121. The Hall–Kier alpha value is -3.34. The molecule has 5 nitrogen and oxygen atoms in total. The highest BCUT2D eigenvalue weighted by atomic mass is 16.7.